The van der Waals surface area contributed by atoms with Crippen molar-refractivity contribution in [1.29, 1.82) is 0 Å². The fourth-order valence-corrected chi connectivity index (χ4v) is 3.08. The van der Waals surface area contributed by atoms with Crippen LogP contribution < -0.4 is 5.73 Å². The maximum Gasteiger partial charge on any atom is 0.113 e. The number of benzene rings is 2. The summed E-state index contributed by atoms with van der Waals surface area (Å²) in [5.74, 6) is 1.84. The lowest BCUT2D eigenvalue weighted by atomic mass is 9.85. The topological polar surface area (TPSA) is 43.8 Å². The number of aromatic nitrogens is 2. The van der Waals surface area contributed by atoms with Crippen LogP contribution in [-0.4, -0.2) is 9.55 Å². The second-order valence-corrected chi connectivity index (χ2v) is 5.92. The Morgan fingerprint density at radius 3 is 2.62 bits per heavy atom. The van der Waals surface area contributed by atoms with E-state index in [2.05, 4.69) is 41.0 Å². The van der Waals surface area contributed by atoms with Gasteiger partial charge in [-0.05, 0) is 36.6 Å². The normalized spacial score (nSPS) is 15.2. The molecule has 3 heteroatoms. The molecule has 1 aliphatic rings. The molecule has 1 heterocycles. The van der Waals surface area contributed by atoms with E-state index in [1.807, 2.05) is 12.1 Å². The van der Waals surface area contributed by atoms with Gasteiger partial charge < -0.3 is 10.3 Å². The molecule has 1 saturated carbocycles. The Labute approximate surface area is 124 Å². The molecule has 3 nitrogen and oxygen atoms in total. The van der Waals surface area contributed by atoms with Crippen molar-refractivity contribution in [2.45, 2.75) is 31.7 Å². The minimum absolute atomic E-state index is 0.613. The lowest BCUT2D eigenvalue weighted by Gasteiger charge is -2.25. The Bertz CT molecular complexity index is 770. The fourth-order valence-electron chi connectivity index (χ4n) is 3.08. The summed E-state index contributed by atoms with van der Waals surface area (Å²) < 4.78 is 2.37. The Hall–Kier alpha value is -2.29. The van der Waals surface area contributed by atoms with Crippen LogP contribution in [0.4, 0.5) is 5.69 Å². The Kier molecular flexibility index (Phi) is 2.92. The van der Waals surface area contributed by atoms with E-state index in [4.69, 9.17) is 10.7 Å². The summed E-state index contributed by atoms with van der Waals surface area (Å²) in [6, 6.07) is 16.6. The Balaban J connectivity index is 1.84. The summed E-state index contributed by atoms with van der Waals surface area (Å²) in [6.45, 7) is 0.882. The smallest absolute Gasteiger partial charge is 0.113 e. The van der Waals surface area contributed by atoms with Crippen LogP contribution in [0.15, 0.2) is 48.5 Å². The molecule has 0 spiro atoms. The highest BCUT2D eigenvalue weighted by Gasteiger charge is 2.25. The summed E-state index contributed by atoms with van der Waals surface area (Å²) in [6.07, 6.45) is 3.84. The third-order valence-corrected chi connectivity index (χ3v) is 4.46. The molecule has 2 aromatic carbocycles. The minimum atomic E-state index is 0.613. The summed E-state index contributed by atoms with van der Waals surface area (Å²) in [7, 11) is 0. The van der Waals surface area contributed by atoms with Crippen LogP contribution in [0.5, 0.6) is 0 Å². The summed E-state index contributed by atoms with van der Waals surface area (Å²) in [4.78, 5) is 4.87. The van der Waals surface area contributed by atoms with Gasteiger partial charge in [0.25, 0.3) is 0 Å². The predicted molar refractivity (Wildman–Crippen MR) is 86.3 cm³/mol. The van der Waals surface area contributed by atoms with Gasteiger partial charge in [-0.2, -0.15) is 0 Å². The number of nitrogen functional groups attached to an aromatic ring is 1. The first kappa shape index (κ1) is 12.5. The molecule has 106 valence electrons. The number of hydrogen-bond donors (Lipinski definition) is 1. The molecular formula is C18H19N3. The Morgan fingerprint density at radius 1 is 1.10 bits per heavy atom. The van der Waals surface area contributed by atoms with Crippen molar-refractivity contribution < 1.29 is 0 Å². The molecule has 2 N–H and O–H groups in total. The lowest BCUT2D eigenvalue weighted by Crippen LogP contribution is -2.16. The van der Waals surface area contributed by atoms with Crippen molar-refractivity contribution in [2.24, 2.45) is 0 Å². The summed E-state index contributed by atoms with van der Waals surface area (Å²) in [5.41, 5.74) is 10.2. The molecule has 1 fully saturated rings. The van der Waals surface area contributed by atoms with Gasteiger partial charge in [0.1, 0.15) is 5.82 Å². The van der Waals surface area contributed by atoms with Gasteiger partial charge in [0.15, 0.2) is 0 Å². The first-order valence-corrected chi connectivity index (χ1v) is 7.61. The monoisotopic (exact) mass is 277 g/mol. The molecule has 3 aromatic rings. The van der Waals surface area contributed by atoms with Crippen molar-refractivity contribution in [3.63, 3.8) is 0 Å². The highest BCUT2D eigenvalue weighted by atomic mass is 15.1. The van der Waals surface area contributed by atoms with E-state index in [0.717, 1.165) is 17.7 Å². The number of rotatable bonds is 3. The van der Waals surface area contributed by atoms with Crippen molar-refractivity contribution in [2.75, 3.05) is 5.73 Å². The van der Waals surface area contributed by atoms with Crippen molar-refractivity contribution in [3.8, 4) is 0 Å². The first-order valence-electron chi connectivity index (χ1n) is 7.61. The average Bonchev–Trinajstić information content (AvgIpc) is 2.76. The molecule has 4 rings (SSSR count). The van der Waals surface area contributed by atoms with Gasteiger partial charge in [-0.1, -0.05) is 36.8 Å². The molecule has 0 bridgehead atoms. The SMILES string of the molecule is Nc1ccc2c(c1)nc(C1CCC1)n2Cc1ccccc1. The van der Waals surface area contributed by atoms with Gasteiger partial charge in [-0.25, -0.2) is 4.98 Å². The van der Waals surface area contributed by atoms with Gasteiger partial charge in [0, 0.05) is 18.2 Å². The van der Waals surface area contributed by atoms with Crippen molar-refractivity contribution in [3.05, 3.63) is 59.9 Å². The average molecular weight is 277 g/mol. The molecule has 1 aromatic heterocycles. The largest absolute Gasteiger partial charge is 0.399 e. The third kappa shape index (κ3) is 2.19. The minimum Gasteiger partial charge on any atom is -0.399 e. The zero-order valence-corrected chi connectivity index (χ0v) is 12.0. The molecule has 0 saturated heterocycles. The quantitative estimate of drug-likeness (QED) is 0.737. The molecule has 0 atom stereocenters. The van der Waals surface area contributed by atoms with Crippen LogP contribution in [0.25, 0.3) is 11.0 Å². The van der Waals surface area contributed by atoms with E-state index in [1.165, 1.54) is 36.2 Å². The van der Waals surface area contributed by atoms with E-state index >= 15 is 0 Å². The number of fused-ring (bicyclic) bond motifs is 1. The fraction of sp³-hybridized carbons (Fsp3) is 0.278. The van der Waals surface area contributed by atoms with Crippen LogP contribution in [0.1, 0.15) is 36.6 Å². The van der Waals surface area contributed by atoms with E-state index in [9.17, 15) is 0 Å². The highest BCUT2D eigenvalue weighted by Crippen LogP contribution is 2.37. The van der Waals surface area contributed by atoms with Crippen LogP contribution in [-0.2, 0) is 6.54 Å². The first-order chi connectivity index (χ1) is 10.3. The maximum absolute atomic E-state index is 5.91. The molecule has 0 unspecified atom stereocenters. The van der Waals surface area contributed by atoms with E-state index in [0.29, 0.717) is 5.92 Å². The van der Waals surface area contributed by atoms with Gasteiger partial charge in [-0.15, -0.1) is 0 Å². The van der Waals surface area contributed by atoms with Crippen molar-refractivity contribution >= 4 is 16.7 Å². The molecule has 21 heavy (non-hydrogen) atoms. The van der Waals surface area contributed by atoms with E-state index < -0.39 is 0 Å². The lowest BCUT2D eigenvalue weighted by molar-refractivity contribution is 0.392. The second-order valence-electron chi connectivity index (χ2n) is 5.92. The predicted octanol–water partition coefficient (Wildman–Crippen LogP) is 3.93. The summed E-state index contributed by atoms with van der Waals surface area (Å²) >= 11 is 0. The van der Waals surface area contributed by atoms with Crippen LogP contribution in [0, 0.1) is 0 Å². The second kappa shape index (κ2) is 4.92. The maximum atomic E-state index is 5.91. The Morgan fingerprint density at radius 2 is 1.90 bits per heavy atom. The van der Waals surface area contributed by atoms with Crippen LogP contribution in [0.3, 0.4) is 0 Å². The van der Waals surface area contributed by atoms with Crippen LogP contribution >= 0.6 is 0 Å². The van der Waals surface area contributed by atoms with E-state index in [-0.39, 0.29) is 0 Å². The summed E-state index contributed by atoms with van der Waals surface area (Å²) in [5, 5.41) is 0. The molecule has 1 aliphatic carbocycles. The molecule has 0 radical (unpaired) electrons. The standard InChI is InChI=1S/C18H19N3/c19-15-9-10-17-16(11-15)20-18(14-7-4-8-14)21(17)12-13-5-2-1-3-6-13/h1-3,5-6,9-11,14H,4,7-8,12,19H2. The molecule has 0 aliphatic heterocycles. The van der Waals surface area contributed by atoms with Gasteiger partial charge in [0.05, 0.1) is 11.0 Å². The number of hydrogen-bond acceptors (Lipinski definition) is 2. The molecule has 0 amide bonds. The zero-order valence-electron chi connectivity index (χ0n) is 12.0. The molecular weight excluding hydrogens is 258 g/mol. The van der Waals surface area contributed by atoms with E-state index in [1.54, 1.807) is 0 Å². The zero-order chi connectivity index (χ0) is 14.2. The number of nitrogens with zero attached hydrogens (tertiary/aromatic N) is 2. The van der Waals surface area contributed by atoms with Crippen LogP contribution in [0.2, 0.25) is 0 Å². The third-order valence-electron chi connectivity index (χ3n) is 4.46. The van der Waals surface area contributed by atoms with Gasteiger partial charge in [-0.3, -0.25) is 0 Å². The number of nitrogens with two attached hydrogens (primary N) is 1. The number of anilines is 1. The van der Waals surface area contributed by atoms with Crippen molar-refractivity contribution in [1.82, 2.24) is 9.55 Å². The van der Waals surface area contributed by atoms with Gasteiger partial charge in [0.2, 0.25) is 0 Å². The van der Waals surface area contributed by atoms with Gasteiger partial charge >= 0.3 is 0 Å². The highest BCUT2D eigenvalue weighted by molar-refractivity contribution is 5.80. The number of imidazole rings is 1.